The summed E-state index contributed by atoms with van der Waals surface area (Å²) in [6, 6.07) is 10.9. The molecule has 2 aliphatic rings. The molecule has 3 rings (SSSR count). The first kappa shape index (κ1) is 21.2. The maximum atomic E-state index is 12.7. The smallest absolute Gasteiger partial charge is 0.226 e. The Kier molecular flexibility index (Phi) is 9.06. The number of hydrogen-bond acceptors (Lipinski definition) is 3. The lowest BCUT2D eigenvalue weighted by Crippen LogP contribution is -2.54. The van der Waals surface area contributed by atoms with E-state index < -0.39 is 0 Å². The topological polar surface area (TPSA) is 35.6 Å². The summed E-state index contributed by atoms with van der Waals surface area (Å²) in [4.78, 5) is 17.3. The molecule has 0 radical (unpaired) electrons. The number of hydrogen-bond donors (Lipinski definition) is 1. The summed E-state index contributed by atoms with van der Waals surface area (Å²) in [5, 5.41) is 3.35. The minimum atomic E-state index is 0. The average Bonchev–Trinajstić information content (AvgIpc) is 2.56. The number of benzene rings is 1. The molecule has 4 nitrogen and oxygen atoms in total. The highest BCUT2D eigenvalue weighted by atomic mass is 35.5. The van der Waals surface area contributed by atoms with Gasteiger partial charge >= 0.3 is 0 Å². The van der Waals surface area contributed by atoms with Gasteiger partial charge in [0.2, 0.25) is 5.91 Å². The molecule has 136 valence electrons. The van der Waals surface area contributed by atoms with E-state index in [1.54, 1.807) is 0 Å². The first-order valence-electron chi connectivity index (χ1n) is 8.51. The number of halogens is 2. The van der Waals surface area contributed by atoms with Crippen LogP contribution in [0.2, 0.25) is 0 Å². The minimum Gasteiger partial charge on any atom is -0.337 e. The predicted octanol–water partition coefficient (Wildman–Crippen LogP) is 2.56. The van der Waals surface area contributed by atoms with Crippen molar-refractivity contribution in [2.45, 2.75) is 32.4 Å². The lowest BCUT2D eigenvalue weighted by atomic mass is 9.94. The lowest BCUT2D eigenvalue weighted by molar-refractivity contribution is -0.140. The average molecular weight is 374 g/mol. The third kappa shape index (κ3) is 5.35. The van der Waals surface area contributed by atoms with Crippen LogP contribution in [0.15, 0.2) is 30.3 Å². The Labute approximate surface area is 157 Å². The summed E-state index contributed by atoms with van der Waals surface area (Å²) >= 11 is 0. The molecule has 2 saturated heterocycles. The summed E-state index contributed by atoms with van der Waals surface area (Å²) < 4.78 is 0. The summed E-state index contributed by atoms with van der Waals surface area (Å²) in [6.45, 7) is 7.95. The van der Waals surface area contributed by atoms with E-state index in [1.165, 1.54) is 5.56 Å². The molecule has 1 atom stereocenters. The summed E-state index contributed by atoms with van der Waals surface area (Å²) in [7, 11) is 0. The third-order valence-electron chi connectivity index (χ3n) is 4.97. The van der Waals surface area contributed by atoms with E-state index in [9.17, 15) is 4.79 Å². The molecule has 0 unspecified atom stereocenters. The Balaban J connectivity index is 0.00000144. The molecule has 0 aliphatic carbocycles. The zero-order valence-corrected chi connectivity index (χ0v) is 16.0. The van der Waals surface area contributed by atoms with Crippen LogP contribution in [0.25, 0.3) is 0 Å². The van der Waals surface area contributed by atoms with Crippen LogP contribution >= 0.6 is 24.8 Å². The van der Waals surface area contributed by atoms with E-state index in [1.807, 2.05) is 0 Å². The van der Waals surface area contributed by atoms with Crippen molar-refractivity contribution >= 4 is 30.7 Å². The fourth-order valence-electron chi connectivity index (χ4n) is 3.58. The largest absolute Gasteiger partial charge is 0.337 e. The maximum Gasteiger partial charge on any atom is 0.226 e. The number of amides is 1. The first-order chi connectivity index (χ1) is 10.7. The number of nitrogens with one attached hydrogen (secondary N) is 1. The van der Waals surface area contributed by atoms with Crippen LogP contribution in [0.1, 0.15) is 25.3 Å². The van der Waals surface area contributed by atoms with E-state index in [2.05, 4.69) is 52.4 Å². The molecule has 2 aliphatic heterocycles. The van der Waals surface area contributed by atoms with Crippen molar-refractivity contribution in [3.63, 3.8) is 0 Å². The van der Waals surface area contributed by atoms with Crippen molar-refractivity contribution < 1.29 is 4.79 Å². The zero-order chi connectivity index (χ0) is 15.4. The molecule has 2 heterocycles. The van der Waals surface area contributed by atoms with Crippen LogP contribution in [0.4, 0.5) is 0 Å². The molecular formula is C18H29Cl2N3O. The summed E-state index contributed by atoms with van der Waals surface area (Å²) in [5.74, 6) is 0.612. The van der Waals surface area contributed by atoms with Crippen LogP contribution in [-0.4, -0.2) is 54.5 Å². The molecule has 1 aromatic carbocycles. The Bertz CT molecular complexity index is 492. The van der Waals surface area contributed by atoms with Gasteiger partial charge in [-0.1, -0.05) is 30.3 Å². The monoisotopic (exact) mass is 373 g/mol. The Hall–Kier alpha value is -0.810. The quantitative estimate of drug-likeness (QED) is 0.884. The number of piperazine rings is 1. The van der Waals surface area contributed by atoms with Crippen molar-refractivity contribution in [1.29, 1.82) is 0 Å². The van der Waals surface area contributed by atoms with Gasteiger partial charge in [0.05, 0.1) is 0 Å². The SMILES string of the molecule is C[C@@H]1CNCCN1C(=O)C1CCN(Cc2ccccc2)CC1.Cl.Cl. The van der Waals surface area contributed by atoms with Gasteiger partial charge in [0, 0.05) is 38.1 Å². The second kappa shape index (κ2) is 10.2. The molecule has 0 saturated carbocycles. The van der Waals surface area contributed by atoms with Gasteiger partial charge in [-0.3, -0.25) is 9.69 Å². The minimum absolute atomic E-state index is 0. The molecule has 1 amide bonds. The van der Waals surface area contributed by atoms with E-state index in [4.69, 9.17) is 0 Å². The van der Waals surface area contributed by atoms with Gasteiger partial charge in [-0.05, 0) is 38.4 Å². The molecule has 24 heavy (non-hydrogen) atoms. The van der Waals surface area contributed by atoms with Crippen molar-refractivity contribution in [3.8, 4) is 0 Å². The number of rotatable bonds is 3. The Morgan fingerprint density at radius 2 is 1.79 bits per heavy atom. The van der Waals surface area contributed by atoms with Gasteiger partial charge in [0.25, 0.3) is 0 Å². The highest BCUT2D eigenvalue weighted by molar-refractivity contribution is 5.85. The van der Waals surface area contributed by atoms with Crippen LogP contribution in [0, 0.1) is 5.92 Å². The van der Waals surface area contributed by atoms with E-state index in [-0.39, 0.29) is 30.7 Å². The Morgan fingerprint density at radius 1 is 1.12 bits per heavy atom. The molecule has 0 aromatic heterocycles. The van der Waals surface area contributed by atoms with E-state index >= 15 is 0 Å². The molecule has 0 bridgehead atoms. The van der Waals surface area contributed by atoms with Crippen molar-refractivity contribution in [3.05, 3.63) is 35.9 Å². The van der Waals surface area contributed by atoms with Crippen molar-refractivity contribution in [1.82, 2.24) is 15.1 Å². The van der Waals surface area contributed by atoms with Crippen LogP contribution in [-0.2, 0) is 11.3 Å². The lowest BCUT2D eigenvalue weighted by Gasteiger charge is -2.39. The summed E-state index contributed by atoms with van der Waals surface area (Å²) in [6.07, 6.45) is 2.00. The molecular weight excluding hydrogens is 345 g/mol. The number of piperidine rings is 1. The van der Waals surface area contributed by atoms with Gasteiger partial charge < -0.3 is 10.2 Å². The highest BCUT2D eigenvalue weighted by Crippen LogP contribution is 2.22. The molecule has 2 fully saturated rings. The molecule has 1 aromatic rings. The standard InChI is InChI=1S/C18H27N3O.2ClH/c1-15-13-19-9-12-21(15)18(22)17-7-10-20(11-8-17)14-16-5-3-2-4-6-16;;/h2-6,15,17,19H,7-14H2,1H3;2*1H/t15-;;/m1../s1. The van der Waals surface area contributed by atoms with Gasteiger partial charge in [0.15, 0.2) is 0 Å². The molecule has 0 spiro atoms. The normalized spacial score (nSPS) is 22.4. The van der Waals surface area contributed by atoms with Gasteiger partial charge in [-0.2, -0.15) is 0 Å². The van der Waals surface area contributed by atoms with E-state index in [0.717, 1.165) is 52.1 Å². The first-order valence-corrected chi connectivity index (χ1v) is 8.51. The van der Waals surface area contributed by atoms with Gasteiger partial charge in [-0.25, -0.2) is 0 Å². The fourth-order valence-corrected chi connectivity index (χ4v) is 3.58. The van der Waals surface area contributed by atoms with Gasteiger partial charge in [0.1, 0.15) is 0 Å². The molecule has 6 heteroatoms. The number of nitrogens with zero attached hydrogens (tertiary/aromatic N) is 2. The highest BCUT2D eigenvalue weighted by Gasteiger charge is 2.31. The van der Waals surface area contributed by atoms with Crippen molar-refractivity contribution in [2.75, 3.05) is 32.7 Å². The fraction of sp³-hybridized carbons (Fsp3) is 0.611. The van der Waals surface area contributed by atoms with Crippen LogP contribution < -0.4 is 5.32 Å². The second-order valence-electron chi connectivity index (χ2n) is 6.62. The van der Waals surface area contributed by atoms with E-state index in [0.29, 0.717) is 11.9 Å². The second-order valence-corrected chi connectivity index (χ2v) is 6.62. The maximum absolute atomic E-state index is 12.7. The number of likely N-dealkylation sites (tertiary alicyclic amines) is 1. The number of carbonyl (C=O) groups excluding carboxylic acids is 1. The summed E-state index contributed by atoms with van der Waals surface area (Å²) in [5.41, 5.74) is 1.36. The third-order valence-corrected chi connectivity index (χ3v) is 4.97. The van der Waals surface area contributed by atoms with Crippen molar-refractivity contribution in [2.24, 2.45) is 5.92 Å². The van der Waals surface area contributed by atoms with Gasteiger partial charge in [-0.15, -0.1) is 24.8 Å². The van der Waals surface area contributed by atoms with Crippen LogP contribution in [0.5, 0.6) is 0 Å². The predicted molar refractivity (Wildman–Crippen MR) is 103 cm³/mol. The molecule has 1 N–H and O–H groups in total. The number of carbonyl (C=O) groups is 1. The van der Waals surface area contributed by atoms with Crippen LogP contribution in [0.3, 0.4) is 0 Å². The Morgan fingerprint density at radius 3 is 2.42 bits per heavy atom. The zero-order valence-electron chi connectivity index (χ0n) is 14.3.